The van der Waals surface area contributed by atoms with E-state index in [2.05, 4.69) is 37.0 Å². The Balaban J connectivity index is 1.77. The standard InChI is InChI=1S/C47H87N3O15P2/c1-5-38(4)29-25-21-18-19-22-26-30-42(51)60-34-39(63-43(52)31-27-23-17-15-13-11-9-7-6-8-10-12-14-16-20-24-28-37(2)3)35-61-66(56,57)65-67(58,59)62-36-40-44(53)45(54)46(64-40)50-33-32-41(48)49-47(50)55/h32-33,37-40,44-46,53-54H,5-31,34-36H2,1-4H3,(H,56,57)(H,58,59)(H2,48,49,55)/t38?,39-,40-,44+,45?,46-/m1/s1. The number of nitrogens with zero attached hydrogens (tertiary/aromatic N) is 2. The van der Waals surface area contributed by atoms with Gasteiger partial charge in [0, 0.05) is 19.0 Å². The van der Waals surface area contributed by atoms with Gasteiger partial charge in [0.15, 0.2) is 12.3 Å². The van der Waals surface area contributed by atoms with Crippen LogP contribution in [0, 0.1) is 11.8 Å². The van der Waals surface area contributed by atoms with E-state index in [1.807, 2.05) is 0 Å². The molecule has 0 saturated carbocycles. The van der Waals surface area contributed by atoms with Gasteiger partial charge in [0.1, 0.15) is 30.7 Å². The smallest absolute Gasteiger partial charge is 0.462 e. The van der Waals surface area contributed by atoms with Crippen LogP contribution in [0.15, 0.2) is 17.1 Å². The molecule has 390 valence electrons. The molecule has 2 heterocycles. The van der Waals surface area contributed by atoms with Crippen LogP contribution in [-0.4, -0.2) is 85.7 Å². The highest BCUT2D eigenvalue weighted by Gasteiger charge is 2.46. The summed E-state index contributed by atoms with van der Waals surface area (Å²) in [5.74, 6) is 0.250. The number of unbranched alkanes of at least 4 members (excludes halogenated alkanes) is 20. The first kappa shape index (κ1) is 60.9. The van der Waals surface area contributed by atoms with Crippen LogP contribution in [0.2, 0.25) is 0 Å². The number of nitrogens with two attached hydrogens (primary N) is 1. The number of ether oxygens (including phenoxy) is 3. The van der Waals surface area contributed by atoms with Crippen LogP contribution in [0.5, 0.6) is 0 Å². The van der Waals surface area contributed by atoms with Crippen LogP contribution < -0.4 is 11.4 Å². The van der Waals surface area contributed by atoms with Crippen LogP contribution in [0.4, 0.5) is 5.82 Å². The number of anilines is 1. The molecule has 8 atom stereocenters. The Morgan fingerprint density at radius 2 is 1.19 bits per heavy atom. The molecule has 1 saturated heterocycles. The van der Waals surface area contributed by atoms with Crippen molar-refractivity contribution in [2.75, 3.05) is 25.6 Å². The van der Waals surface area contributed by atoms with Crippen LogP contribution in [0.3, 0.4) is 0 Å². The van der Waals surface area contributed by atoms with Crippen LogP contribution >= 0.6 is 15.6 Å². The summed E-state index contributed by atoms with van der Waals surface area (Å²) in [6, 6.07) is 1.25. The normalized spacial score (nSPS) is 20.1. The van der Waals surface area contributed by atoms with Crippen molar-refractivity contribution in [3.05, 3.63) is 22.7 Å². The van der Waals surface area contributed by atoms with Gasteiger partial charge in [-0.05, 0) is 30.7 Å². The Morgan fingerprint density at radius 3 is 1.70 bits per heavy atom. The molecule has 1 aliphatic heterocycles. The van der Waals surface area contributed by atoms with E-state index in [1.54, 1.807) is 0 Å². The third kappa shape index (κ3) is 28.9. The summed E-state index contributed by atoms with van der Waals surface area (Å²) in [5, 5.41) is 20.9. The molecule has 1 aromatic heterocycles. The highest BCUT2D eigenvalue weighted by Crippen LogP contribution is 2.60. The van der Waals surface area contributed by atoms with Crippen molar-refractivity contribution >= 4 is 33.4 Å². The third-order valence-electron chi connectivity index (χ3n) is 12.2. The number of phosphoric ester groups is 2. The highest BCUT2D eigenvalue weighted by molar-refractivity contribution is 7.61. The molecule has 1 aromatic rings. The van der Waals surface area contributed by atoms with Crippen molar-refractivity contribution in [1.82, 2.24) is 9.55 Å². The molecule has 6 N–H and O–H groups in total. The average Bonchev–Trinajstić information content (AvgIpc) is 3.55. The Morgan fingerprint density at radius 1 is 0.716 bits per heavy atom. The second-order valence-corrected chi connectivity index (χ2v) is 21.8. The quantitative estimate of drug-likeness (QED) is 0.0232. The molecular weight excluding hydrogens is 908 g/mol. The van der Waals surface area contributed by atoms with Crippen molar-refractivity contribution in [3.63, 3.8) is 0 Å². The van der Waals surface area contributed by atoms with E-state index in [-0.39, 0.29) is 18.7 Å². The largest absolute Gasteiger partial charge is 0.481 e. The lowest BCUT2D eigenvalue weighted by molar-refractivity contribution is -0.161. The molecule has 20 heteroatoms. The summed E-state index contributed by atoms with van der Waals surface area (Å²) in [6.07, 6.45) is 22.2. The predicted octanol–water partition coefficient (Wildman–Crippen LogP) is 9.99. The molecule has 0 radical (unpaired) electrons. The molecule has 0 bridgehead atoms. The Kier molecular flexibility index (Phi) is 31.8. The lowest BCUT2D eigenvalue weighted by Gasteiger charge is -2.21. The van der Waals surface area contributed by atoms with Gasteiger partial charge in [0.05, 0.1) is 13.2 Å². The second-order valence-electron chi connectivity index (χ2n) is 18.8. The number of hydrogen-bond acceptors (Lipinski definition) is 15. The van der Waals surface area contributed by atoms with E-state index >= 15 is 0 Å². The summed E-state index contributed by atoms with van der Waals surface area (Å²) in [5.41, 5.74) is 4.59. The maximum Gasteiger partial charge on any atom is 0.481 e. The Bertz CT molecular complexity index is 1650. The first-order chi connectivity index (χ1) is 31.9. The van der Waals surface area contributed by atoms with Gasteiger partial charge in [0.2, 0.25) is 0 Å². The number of carbonyl (C=O) groups is 2. The monoisotopic (exact) mass is 996 g/mol. The van der Waals surface area contributed by atoms with Crippen LogP contribution in [-0.2, 0) is 46.3 Å². The fourth-order valence-corrected chi connectivity index (χ4v) is 9.94. The molecular formula is C47H87N3O15P2. The van der Waals surface area contributed by atoms with Crippen LogP contribution in [0.1, 0.15) is 207 Å². The van der Waals surface area contributed by atoms with Crippen molar-refractivity contribution < 1.29 is 66.3 Å². The zero-order valence-electron chi connectivity index (χ0n) is 41.1. The van der Waals surface area contributed by atoms with Gasteiger partial charge in [-0.25, -0.2) is 13.9 Å². The summed E-state index contributed by atoms with van der Waals surface area (Å²) in [6.45, 7) is 6.75. The van der Waals surface area contributed by atoms with Gasteiger partial charge in [-0.15, -0.1) is 0 Å². The van der Waals surface area contributed by atoms with Crippen molar-refractivity contribution in [2.45, 2.75) is 232 Å². The molecule has 0 aliphatic carbocycles. The van der Waals surface area contributed by atoms with Gasteiger partial charge < -0.3 is 39.9 Å². The number of aliphatic hydroxyl groups is 2. The zero-order valence-corrected chi connectivity index (χ0v) is 42.8. The molecule has 1 fully saturated rings. The van der Waals surface area contributed by atoms with Crippen LogP contribution in [0.25, 0.3) is 0 Å². The molecule has 1 aliphatic rings. The topological polar surface area (TPSA) is 265 Å². The fourth-order valence-electron chi connectivity index (χ4n) is 7.83. The minimum atomic E-state index is -5.42. The zero-order chi connectivity index (χ0) is 49.5. The summed E-state index contributed by atoms with van der Waals surface area (Å²) in [4.78, 5) is 61.8. The molecule has 67 heavy (non-hydrogen) atoms. The number of aliphatic hydroxyl groups excluding tert-OH is 2. The summed E-state index contributed by atoms with van der Waals surface area (Å²) >= 11 is 0. The van der Waals surface area contributed by atoms with Gasteiger partial charge in [-0.3, -0.25) is 23.2 Å². The third-order valence-corrected chi connectivity index (χ3v) is 14.8. The minimum Gasteiger partial charge on any atom is -0.462 e. The maximum absolute atomic E-state index is 12.9. The number of esters is 2. The summed E-state index contributed by atoms with van der Waals surface area (Å²) in [7, 11) is -10.8. The highest BCUT2D eigenvalue weighted by atomic mass is 31.3. The Labute approximate surface area is 400 Å². The van der Waals surface area contributed by atoms with E-state index in [4.69, 9.17) is 29.0 Å². The van der Waals surface area contributed by atoms with Crippen molar-refractivity contribution in [1.29, 1.82) is 0 Å². The van der Waals surface area contributed by atoms with Crippen molar-refractivity contribution in [3.8, 4) is 0 Å². The molecule has 18 nitrogen and oxygen atoms in total. The van der Waals surface area contributed by atoms with E-state index in [9.17, 15) is 43.5 Å². The number of phosphoric acid groups is 2. The predicted molar refractivity (Wildman–Crippen MR) is 257 cm³/mol. The second kappa shape index (κ2) is 35.0. The van der Waals surface area contributed by atoms with Crippen molar-refractivity contribution in [2.24, 2.45) is 11.8 Å². The number of carbonyl (C=O) groups excluding carboxylic acids is 2. The minimum absolute atomic E-state index is 0.0564. The van der Waals surface area contributed by atoms with E-state index < -0.39 is 83.7 Å². The molecule has 0 spiro atoms. The van der Waals surface area contributed by atoms with E-state index in [0.717, 1.165) is 67.8 Å². The van der Waals surface area contributed by atoms with Gasteiger partial charge >= 0.3 is 33.3 Å². The SMILES string of the molecule is CCC(C)CCCCCCCCC(=O)OC[C@H](COP(=O)(O)OP(=O)(O)OC[C@H]1O[C@@H](n2ccc(N)nc2=O)C(O)[C@H]1O)OC(=O)CCCCCCCCCCCCCCCCCCC(C)C. The average molecular weight is 996 g/mol. The van der Waals surface area contributed by atoms with E-state index in [0.29, 0.717) is 12.8 Å². The number of hydrogen-bond donors (Lipinski definition) is 5. The fraction of sp³-hybridized carbons (Fsp3) is 0.872. The van der Waals surface area contributed by atoms with E-state index in [1.165, 1.54) is 109 Å². The maximum atomic E-state index is 12.9. The lowest BCUT2D eigenvalue weighted by atomic mass is 10.00. The molecule has 0 amide bonds. The van der Waals surface area contributed by atoms with Gasteiger partial charge in [0.25, 0.3) is 0 Å². The van der Waals surface area contributed by atoms with Gasteiger partial charge in [-0.1, -0.05) is 175 Å². The number of rotatable bonds is 41. The molecule has 4 unspecified atom stereocenters. The number of aromatic nitrogens is 2. The molecule has 0 aromatic carbocycles. The lowest BCUT2D eigenvalue weighted by Crippen LogP contribution is -2.36. The van der Waals surface area contributed by atoms with Gasteiger partial charge in [-0.2, -0.15) is 9.29 Å². The first-order valence-corrected chi connectivity index (χ1v) is 28.3. The summed E-state index contributed by atoms with van der Waals surface area (Å²) < 4.78 is 56.7. The molecule has 2 rings (SSSR count). The number of nitrogen functional groups attached to an aromatic ring is 1. The first-order valence-electron chi connectivity index (χ1n) is 25.3. The Hall–Kier alpha value is -2.24.